The van der Waals surface area contributed by atoms with Crippen molar-refractivity contribution >= 4 is 0 Å². The van der Waals surface area contributed by atoms with Crippen LogP contribution in [0.4, 0.5) is 0 Å². The van der Waals surface area contributed by atoms with E-state index < -0.39 is 0 Å². The van der Waals surface area contributed by atoms with Crippen LogP contribution in [0, 0.1) is 0 Å². The van der Waals surface area contributed by atoms with Gasteiger partial charge in [-0.3, -0.25) is 0 Å². The van der Waals surface area contributed by atoms with E-state index in [1.807, 2.05) is 12.1 Å². The van der Waals surface area contributed by atoms with Gasteiger partial charge in [0.1, 0.15) is 5.75 Å². The second-order valence-corrected chi connectivity index (χ2v) is 3.16. The third kappa shape index (κ3) is 2.94. The first kappa shape index (κ1) is 9.85. The van der Waals surface area contributed by atoms with E-state index in [9.17, 15) is 0 Å². The molecule has 0 radical (unpaired) electrons. The summed E-state index contributed by atoms with van der Waals surface area (Å²) in [6, 6.07) is 8.20. The third-order valence-electron chi connectivity index (χ3n) is 2.13. The van der Waals surface area contributed by atoms with E-state index in [1.165, 1.54) is 11.1 Å². The monoisotopic (exact) mass is 176 g/mol. The SMILES string of the molecule is C/C=C(\C)Cc1ccc(OC)cc1. The number of ether oxygens (including phenoxy) is 1. The molecule has 0 saturated heterocycles. The average molecular weight is 176 g/mol. The Bertz CT molecular complexity index is 282. The second-order valence-electron chi connectivity index (χ2n) is 3.16. The summed E-state index contributed by atoms with van der Waals surface area (Å²) in [6.45, 7) is 4.21. The van der Waals surface area contributed by atoms with Crippen LogP contribution in [0.25, 0.3) is 0 Å². The molecule has 1 heteroatoms. The third-order valence-corrected chi connectivity index (χ3v) is 2.13. The summed E-state index contributed by atoms with van der Waals surface area (Å²) in [5, 5.41) is 0. The summed E-state index contributed by atoms with van der Waals surface area (Å²) in [6.07, 6.45) is 3.17. The van der Waals surface area contributed by atoms with Gasteiger partial charge in [-0.05, 0) is 38.0 Å². The number of allylic oxidation sites excluding steroid dienone is 2. The Labute approximate surface area is 80.0 Å². The average Bonchev–Trinajstić information content (AvgIpc) is 2.19. The standard InChI is InChI=1S/C12H16O/c1-4-10(2)9-11-5-7-12(13-3)8-6-11/h4-8H,9H2,1-3H3/b10-4+. The summed E-state index contributed by atoms with van der Waals surface area (Å²) >= 11 is 0. The van der Waals surface area contributed by atoms with E-state index >= 15 is 0 Å². The maximum absolute atomic E-state index is 5.09. The van der Waals surface area contributed by atoms with Gasteiger partial charge in [-0.2, -0.15) is 0 Å². The largest absolute Gasteiger partial charge is 0.497 e. The van der Waals surface area contributed by atoms with Crippen LogP contribution < -0.4 is 4.74 Å². The molecule has 13 heavy (non-hydrogen) atoms. The second kappa shape index (κ2) is 4.70. The first-order valence-electron chi connectivity index (χ1n) is 4.51. The molecule has 0 aliphatic heterocycles. The summed E-state index contributed by atoms with van der Waals surface area (Å²) in [4.78, 5) is 0. The Hall–Kier alpha value is -1.24. The van der Waals surface area contributed by atoms with Crippen LogP contribution in [0.15, 0.2) is 35.9 Å². The van der Waals surface area contributed by atoms with Gasteiger partial charge >= 0.3 is 0 Å². The minimum atomic E-state index is 0.918. The molecule has 0 heterocycles. The summed E-state index contributed by atoms with van der Waals surface area (Å²) in [5.41, 5.74) is 2.72. The fraction of sp³-hybridized carbons (Fsp3) is 0.333. The van der Waals surface area contributed by atoms with Gasteiger partial charge in [-0.25, -0.2) is 0 Å². The van der Waals surface area contributed by atoms with Crippen LogP contribution in [0.1, 0.15) is 19.4 Å². The zero-order valence-corrected chi connectivity index (χ0v) is 8.50. The minimum absolute atomic E-state index is 0.918. The zero-order valence-electron chi connectivity index (χ0n) is 8.50. The van der Waals surface area contributed by atoms with E-state index in [2.05, 4.69) is 32.1 Å². The van der Waals surface area contributed by atoms with Gasteiger partial charge in [0.2, 0.25) is 0 Å². The van der Waals surface area contributed by atoms with Gasteiger partial charge in [0.05, 0.1) is 7.11 Å². The highest BCUT2D eigenvalue weighted by atomic mass is 16.5. The van der Waals surface area contributed by atoms with Crippen molar-refractivity contribution in [2.24, 2.45) is 0 Å². The molecule has 1 nitrogen and oxygen atoms in total. The van der Waals surface area contributed by atoms with Crippen LogP contribution in [-0.2, 0) is 6.42 Å². The molecule has 1 aromatic carbocycles. The molecule has 0 fully saturated rings. The fourth-order valence-corrected chi connectivity index (χ4v) is 1.17. The highest BCUT2D eigenvalue weighted by Crippen LogP contribution is 2.13. The molecule has 0 saturated carbocycles. The Morgan fingerprint density at radius 3 is 2.38 bits per heavy atom. The molecule has 0 spiro atoms. The molecule has 70 valence electrons. The lowest BCUT2D eigenvalue weighted by molar-refractivity contribution is 0.414. The lowest BCUT2D eigenvalue weighted by Crippen LogP contribution is -1.87. The zero-order chi connectivity index (χ0) is 9.68. The normalized spacial score (nSPS) is 11.5. The Morgan fingerprint density at radius 2 is 1.92 bits per heavy atom. The van der Waals surface area contributed by atoms with Crippen molar-refractivity contribution in [2.75, 3.05) is 7.11 Å². The maximum Gasteiger partial charge on any atom is 0.118 e. The molecule has 1 rings (SSSR count). The van der Waals surface area contributed by atoms with Crippen molar-refractivity contribution in [3.8, 4) is 5.75 Å². The van der Waals surface area contributed by atoms with Crippen molar-refractivity contribution in [3.05, 3.63) is 41.5 Å². The number of hydrogen-bond donors (Lipinski definition) is 0. The lowest BCUT2D eigenvalue weighted by Gasteiger charge is -2.03. The molecule has 0 bridgehead atoms. The van der Waals surface area contributed by atoms with Crippen molar-refractivity contribution < 1.29 is 4.74 Å². The van der Waals surface area contributed by atoms with Crippen LogP contribution in [0.3, 0.4) is 0 Å². The van der Waals surface area contributed by atoms with Crippen LogP contribution in [-0.4, -0.2) is 7.11 Å². The van der Waals surface area contributed by atoms with E-state index in [0.717, 1.165) is 12.2 Å². The van der Waals surface area contributed by atoms with Crippen LogP contribution >= 0.6 is 0 Å². The summed E-state index contributed by atoms with van der Waals surface area (Å²) in [7, 11) is 1.69. The number of benzene rings is 1. The highest BCUT2D eigenvalue weighted by molar-refractivity contribution is 5.29. The number of hydrogen-bond acceptors (Lipinski definition) is 1. The van der Waals surface area contributed by atoms with Crippen molar-refractivity contribution in [1.29, 1.82) is 0 Å². The Morgan fingerprint density at radius 1 is 1.31 bits per heavy atom. The first-order valence-corrected chi connectivity index (χ1v) is 4.51. The topological polar surface area (TPSA) is 9.23 Å². The van der Waals surface area contributed by atoms with Crippen molar-refractivity contribution in [2.45, 2.75) is 20.3 Å². The lowest BCUT2D eigenvalue weighted by atomic mass is 10.1. The smallest absolute Gasteiger partial charge is 0.118 e. The minimum Gasteiger partial charge on any atom is -0.497 e. The Kier molecular flexibility index (Phi) is 3.56. The Balaban J connectivity index is 2.69. The van der Waals surface area contributed by atoms with Gasteiger partial charge in [-0.1, -0.05) is 23.8 Å². The molecular weight excluding hydrogens is 160 g/mol. The van der Waals surface area contributed by atoms with Gasteiger partial charge < -0.3 is 4.74 Å². The van der Waals surface area contributed by atoms with Gasteiger partial charge in [0, 0.05) is 0 Å². The maximum atomic E-state index is 5.09. The molecule has 0 N–H and O–H groups in total. The van der Waals surface area contributed by atoms with E-state index in [-0.39, 0.29) is 0 Å². The summed E-state index contributed by atoms with van der Waals surface area (Å²) in [5.74, 6) is 0.918. The molecule has 1 aromatic rings. The fourth-order valence-electron chi connectivity index (χ4n) is 1.17. The predicted octanol–water partition coefficient (Wildman–Crippen LogP) is 3.20. The molecule has 0 aromatic heterocycles. The highest BCUT2D eigenvalue weighted by Gasteiger charge is 1.94. The van der Waals surface area contributed by atoms with Crippen molar-refractivity contribution in [3.63, 3.8) is 0 Å². The van der Waals surface area contributed by atoms with E-state index in [1.54, 1.807) is 7.11 Å². The summed E-state index contributed by atoms with van der Waals surface area (Å²) < 4.78 is 5.09. The molecule has 0 aliphatic carbocycles. The number of methoxy groups -OCH3 is 1. The number of rotatable bonds is 3. The van der Waals surface area contributed by atoms with Crippen molar-refractivity contribution in [1.82, 2.24) is 0 Å². The quantitative estimate of drug-likeness (QED) is 0.642. The van der Waals surface area contributed by atoms with E-state index in [0.29, 0.717) is 0 Å². The first-order chi connectivity index (χ1) is 6.26. The van der Waals surface area contributed by atoms with Crippen LogP contribution in [0.2, 0.25) is 0 Å². The predicted molar refractivity (Wildman–Crippen MR) is 56.1 cm³/mol. The molecular formula is C12H16O. The van der Waals surface area contributed by atoms with E-state index in [4.69, 9.17) is 4.74 Å². The van der Waals surface area contributed by atoms with Gasteiger partial charge in [0.15, 0.2) is 0 Å². The van der Waals surface area contributed by atoms with Gasteiger partial charge in [0.25, 0.3) is 0 Å². The molecule has 0 aliphatic rings. The van der Waals surface area contributed by atoms with Crippen LogP contribution in [0.5, 0.6) is 5.75 Å². The van der Waals surface area contributed by atoms with Gasteiger partial charge in [-0.15, -0.1) is 0 Å². The molecule has 0 unspecified atom stereocenters. The molecule has 0 atom stereocenters. The molecule has 0 amide bonds.